The molecule has 0 amide bonds. The van der Waals surface area contributed by atoms with Crippen molar-refractivity contribution in [2.45, 2.75) is 25.8 Å². The average Bonchev–Trinajstić information content (AvgIpc) is 2.93. The summed E-state index contributed by atoms with van der Waals surface area (Å²) in [5.41, 5.74) is 1.84. The Labute approximate surface area is 124 Å². The van der Waals surface area contributed by atoms with Crippen molar-refractivity contribution in [1.29, 1.82) is 0 Å². The maximum Gasteiger partial charge on any atom is 0.137 e. The standard InChI is InChI=1S/C13H15BrFN3S/c1-2-6-16-11(12-8-17-19-18-12)7-9-4-3-5-10(15)13(9)14/h3-5,8,11,16H,2,6-7H2,1H3. The first kappa shape index (κ1) is 14.6. The van der Waals surface area contributed by atoms with E-state index in [9.17, 15) is 4.39 Å². The third kappa shape index (κ3) is 3.81. The van der Waals surface area contributed by atoms with Gasteiger partial charge in [0.25, 0.3) is 0 Å². The Hall–Kier alpha value is -0.850. The summed E-state index contributed by atoms with van der Waals surface area (Å²) in [4.78, 5) is 0. The van der Waals surface area contributed by atoms with Crippen molar-refractivity contribution in [3.8, 4) is 0 Å². The van der Waals surface area contributed by atoms with Crippen LogP contribution in [0.4, 0.5) is 4.39 Å². The van der Waals surface area contributed by atoms with Crippen LogP contribution in [0.5, 0.6) is 0 Å². The van der Waals surface area contributed by atoms with Gasteiger partial charge in [0, 0.05) is 0 Å². The van der Waals surface area contributed by atoms with E-state index in [1.165, 1.54) is 17.8 Å². The summed E-state index contributed by atoms with van der Waals surface area (Å²) >= 11 is 4.50. The van der Waals surface area contributed by atoms with Crippen LogP contribution < -0.4 is 5.32 Å². The van der Waals surface area contributed by atoms with E-state index < -0.39 is 0 Å². The Morgan fingerprint density at radius 1 is 1.47 bits per heavy atom. The second-order valence-electron chi connectivity index (χ2n) is 4.26. The molecule has 0 radical (unpaired) electrons. The van der Waals surface area contributed by atoms with Crippen LogP contribution in [0.3, 0.4) is 0 Å². The molecule has 3 nitrogen and oxygen atoms in total. The molecule has 6 heteroatoms. The molecule has 0 saturated heterocycles. The topological polar surface area (TPSA) is 37.8 Å². The highest BCUT2D eigenvalue weighted by Crippen LogP contribution is 2.25. The number of nitrogens with zero attached hydrogens (tertiary/aromatic N) is 2. The van der Waals surface area contributed by atoms with Crippen LogP contribution in [-0.4, -0.2) is 15.3 Å². The summed E-state index contributed by atoms with van der Waals surface area (Å²) in [5.74, 6) is -0.233. The zero-order valence-electron chi connectivity index (χ0n) is 10.6. The third-order valence-corrected chi connectivity index (χ3v) is 4.21. The summed E-state index contributed by atoms with van der Waals surface area (Å²) in [6, 6.07) is 5.17. The number of rotatable bonds is 6. The second-order valence-corrected chi connectivity index (χ2v) is 5.61. The highest BCUT2D eigenvalue weighted by molar-refractivity contribution is 9.10. The third-order valence-electron chi connectivity index (χ3n) is 2.83. The van der Waals surface area contributed by atoms with Crippen LogP contribution in [0.1, 0.15) is 30.6 Å². The summed E-state index contributed by atoms with van der Waals surface area (Å²) in [7, 11) is 0. The van der Waals surface area contributed by atoms with E-state index in [1.54, 1.807) is 12.3 Å². The predicted molar refractivity (Wildman–Crippen MR) is 78.7 cm³/mol. The zero-order valence-corrected chi connectivity index (χ0v) is 13.0. The van der Waals surface area contributed by atoms with Crippen LogP contribution in [0, 0.1) is 5.82 Å². The van der Waals surface area contributed by atoms with E-state index in [2.05, 4.69) is 36.9 Å². The molecular formula is C13H15BrFN3S. The van der Waals surface area contributed by atoms with Gasteiger partial charge in [0.1, 0.15) is 5.82 Å². The van der Waals surface area contributed by atoms with E-state index in [0.717, 1.165) is 24.2 Å². The Kier molecular flexibility index (Phi) is 5.42. The number of aromatic nitrogens is 2. The Bertz CT molecular complexity index is 519. The molecule has 2 rings (SSSR count). The molecule has 1 N–H and O–H groups in total. The minimum atomic E-state index is -0.233. The molecule has 1 unspecified atom stereocenters. The molecule has 2 aromatic rings. The minimum absolute atomic E-state index is 0.0665. The Morgan fingerprint density at radius 2 is 2.32 bits per heavy atom. The second kappa shape index (κ2) is 7.07. The van der Waals surface area contributed by atoms with Crippen LogP contribution in [-0.2, 0) is 6.42 Å². The van der Waals surface area contributed by atoms with Gasteiger partial charge in [-0.3, -0.25) is 0 Å². The normalized spacial score (nSPS) is 12.6. The largest absolute Gasteiger partial charge is 0.308 e. The molecule has 1 aromatic carbocycles. The number of hydrogen-bond acceptors (Lipinski definition) is 4. The lowest BCUT2D eigenvalue weighted by atomic mass is 10.0. The smallest absolute Gasteiger partial charge is 0.137 e. The number of hydrogen-bond donors (Lipinski definition) is 1. The zero-order chi connectivity index (χ0) is 13.7. The first-order valence-electron chi connectivity index (χ1n) is 6.16. The van der Waals surface area contributed by atoms with Gasteiger partial charge in [0.15, 0.2) is 0 Å². The van der Waals surface area contributed by atoms with Gasteiger partial charge in [0.05, 0.1) is 34.1 Å². The first-order chi connectivity index (χ1) is 9.22. The maximum atomic E-state index is 13.5. The van der Waals surface area contributed by atoms with E-state index in [-0.39, 0.29) is 11.9 Å². The van der Waals surface area contributed by atoms with Crippen molar-refractivity contribution >= 4 is 27.7 Å². The number of halogens is 2. The summed E-state index contributed by atoms with van der Waals surface area (Å²) < 4.78 is 22.4. The number of benzene rings is 1. The van der Waals surface area contributed by atoms with Crippen molar-refractivity contribution in [2.24, 2.45) is 0 Å². The van der Waals surface area contributed by atoms with Gasteiger partial charge in [-0.15, -0.1) is 0 Å². The fourth-order valence-electron chi connectivity index (χ4n) is 1.85. The molecular weight excluding hydrogens is 329 g/mol. The van der Waals surface area contributed by atoms with E-state index in [4.69, 9.17) is 0 Å². The predicted octanol–water partition coefficient (Wildman–Crippen LogP) is 3.72. The monoisotopic (exact) mass is 343 g/mol. The quantitative estimate of drug-likeness (QED) is 0.868. The maximum absolute atomic E-state index is 13.5. The van der Waals surface area contributed by atoms with Crippen LogP contribution >= 0.6 is 27.7 Å². The highest BCUT2D eigenvalue weighted by atomic mass is 79.9. The fraction of sp³-hybridized carbons (Fsp3) is 0.385. The molecule has 0 aliphatic heterocycles. The molecule has 102 valence electrons. The fourth-order valence-corrected chi connectivity index (χ4v) is 2.75. The van der Waals surface area contributed by atoms with Crippen molar-refractivity contribution in [2.75, 3.05) is 6.54 Å². The molecule has 0 spiro atoms. The van der Waals surface area contributed by atoms with Crippen molar-refractivity contribution in [1.82, 2.24) is 14.1 Å². The van der Waals surface area contributed by atoms with Crippen LogP contribution in [0.2, 0.25) is 0 Å². The molecule has 0 aliphatic rings. The first-order valence-corrected chi connectivity index (χ1v) is 7.68. The van der Waals surface area contributed by atoms with Crippen molar-refractivity contribution in [3.63, 3.8) is 0 Å². The molecule has 1 aromatic heterocycles. The van der Waals surface area contributed by atoms with Crippen molar-refractivity contribution in [3.05, 3.63) is 45.9 Å². The van der Waals surface area contributed by atoms with Gasteiger partial charge in [-0.1, -0.05) is 19.1 Å². The SMILES string of the molecule is CCCNC(Cc1cccc(F)c1Br)c1cnsn1. The van der Waals surface area contributed by atoms with E-state index in [1.807, 2.05) is 6.07 Å². The summed E-state index contributed by atoms with van der Waals surface area (Å²) in [6.07, 6.45) is 3.49. The molecule has 1 heterocycles. The lowest BCUT2D eigenvalue weighted by molar-refractivity contribution is 0.517. The minimum Gasteiger partial charge on any atom is -0.308 e. The lowest BCUT2D eigenvalue weighted by Gasteiger charge is -2.17. The summed E-state index contributed by atoms with van der Waals surface area (Å²) in [5, 5.41) is 3.43. The Morgan fingerprint density at radius 3 is 3.00 bits per heavy atom. The lowest BCUT2D eigenvalue weighted by Crippen LogP contribution is -2.24. The van der Waals surface area contributed by atoms with Gasteiger partial charge in [0.2, 0.25) is 0 Å². The number of nitrogens with one attached hydrogen (secondary N) is 1. The van der Waals surface area contributed by atoms with E-state index >= 15 is 0 Å². The van der Waals surface area contributed by atoms with Crippen molar-refractivity contribution < 1.29 is 4.39 Å². The molecule has 0 bridgehead atoms. The molecule has 0 aliphatic carbocycles. The van der Waals surface area contributed by atoms with Gasteiger partial charge >= 0.3 is 0 Å². The molecule has 1 atom stereocenters. The van der Waals surface area contributed by atoms with Crippen LogP contribution in [0.15, 0.2) is 28.9 Å². The molecule has 19 heavy (non-hydrogen) atoms. The molecule has 0 fully saturated rings. The van der Waals surface area contributed by atoms with Crippen LogP contribution in [0.25, 0.3) is 0 Å². The highest BCUT2D eigenvalue weighted by Gasteiger charge is 2.16. The Balaban J connectivity index is 2.18. The van der Waals surface area contributed by atoms with Gasteiger partial charge < -0.3 is 5.32 Å². The van der Waals surface area contributed by atoms with Gasteiger partial charge in [-0.25, -0.2) is 4.39 Å². The summed E-state index contributed by atoms with van der Waals surface area (Å²) in [6.45, 7) is 3.01. The molecule has 0 saturated carbocycles. The van der Waals surface area contributed by atoms with Gasteiger partial charge in [-0.2, -0.15) is 8.75 Å². The van der Waals surface area contributed by atoms with E-state index in [0.29, 0.717) is 10.9 Å². The average molecular weight is 344 g/mol. The van der Waals surface area contributed by atoms with Gasteiger partial charge in [-0.05, 0) is 46.9 Å².